The van der Waals surface area contributed by atoms with E-state index in [1.165, 1.54) is 25.8 Å². The van der Waals surface area contributed by atoms with Crippen molar-refractivity contribution >= 4 is 24.1 Å². The van der Waals surface area contributed by atoms with Gasteiger partial charge in [-0.1, -0.05) is 29.8 Å². The fraction of sp³-hybridized carbons (Fsp3) is 0.375. The fourth-order valence-corrected chi connectivity index (χ4v) is 2.28. The van der Waals surface area contributed by atoms with E-state index in [9.17, 15) is 14.7 Å². The van der Waals surface area contributed by atoms with Gasteiger partial charge < -0.3 is 10.0 Å². The van der Waals surface area contributed by atoms with Crippen LogP contribution in [0.15, 0.2) is 24.3 Å². The summed E-state index contributed by atoms with van der Waals surface area (Å²) in [5.41, 5.74) is 0.617. The molecule has 7 nitrogen and oxygen atoms in total. The molecule has 128 valence electrons. The summed E-state index contributed by atoms with van der Waals surface area (Å²) in [6.45, 7) is 4.84. The van der Waals surface area contributed by atoms with Gasteiger partial charge in [0, 0.05) is 12.6 Å². The van der Waals surface area contributed by atoms with Crippen molar-refractivity contribution in [3.05, 3.63) is 34.6 Å². The number of aliphatic carboxylic acids is 1. The third-order valence-corrected chi connectivity index (χ3v) is 4.41. The Morgan fingerprint density at radius 2 is 1.92 bits per heavy atom. The number of aryl methyl sites for hydroxylation is 1. The number of carbonyl (C=O) groups excluding carboxylic acids is 1. The van der Waals surface area contributed by atoms with Crippen molar-refractivity contribution < 1.29 is 14.7 Å². The molecular weight excluding hydrogens is 328 g/mol. The van der Waals surface area contributed by atoms with E-state index in [0.29, 0.717) is 10.6 Å². The molecule has 0 saturated carbocycles. The quantitative estimate of drug-likeness (QED) is 0.809. The number of H-pyrrole nitrogens is 1. The van der Waals surface area contributed by atoms with Crippen LogP contribution in [0, 0.1) is 11.7 Å². The maximum absolute atomic E-state index is 12.5. The summed E-state index contributed by atoms with van der Waals surface area (Å²) >= 11 is 5.21. The van der Waals surface area contributed by atoms with Crippen LogP contribution in [0.25, 0.3) is 11.4 Å². The molecule has 0 fully saturated rings. The SMILES string of the molecule is Cc1ccc(-c2n[nH]c(=S)n2CC(=O)N(C)C(C)(C)C(=O)O)cc1. The molecule has 1 aromatic carbocycles. The highest BCUT2D eigenvalue weighted by Crippen LogP contribution is 2.19. The van der Waals surface area contributed by atoms with Gasteiger partial charge in [-0.25, -0.2) is 4.79 Å². The molecule has 0 aliphatic rings. The van der Waals surface area contributed by atoms with Crippen LogP contribution in [-0.4, -0.2) is 49.2 Å². The molecular formula is C16H20N4O3S. The number of carboxylic acid groups (broad SMARTS) is 1. The number of aromatic amines is 1. The number of nitrogens with one attached hydrogen (secondary N) is 1. The van der Waals surface area contributed by atoms with Crippen LogP contribution in [0.1, 0.15) is 19.4 Å². The topological polar surface area (TPSA) is 91.2 Å². The lowest BCUT2D eigenvalue weighted by Crippen LogP contribution is -2.51. The predicted molar refractivity (Wildman–Crippen MR) is 92.1 cm³/mol. The third-order valence-electron chi connectivity index (χ3n) is 4.10. The molecule has 0 spiro atoms. The van der Waals surface area contributed by atoms with Gasteiger partial charge in [0.2, 0.25) is 5.91 Å². The van der Waals surface area contributed by atoms with Crippen LogP contribution >= 0.6 is 12.2 Å². The molecule has 0 aliphatic heterocycles. The van der Waals surface area contributed by atoms with Gasteiger partial charge in [0.1, 0.15) is 12.1 Å². The molecule has 2 N–H and O–H groups in total. The second kappa shape index (κ2) is 6.56. The minimum absolute atomic E-state index is 0.0915. The number of hydrogen-bond donors (Lipinski definition) is 2. The van der Waals surface area contributed by atoms with E-state index in [0.717, 1.165) is 11.1 Å². The van der Waals surface area contributed by atoms with Crippen LogP contribution in [0.2, 0.25) is 0 Å². The molecule has 0 bridgehead atoms. The lowest BCUT2D eigenvalue weighted by Gasteiger charge is -2.31. The summed E-state index contributed by atoms with van der Waals surface area (Å²) < 4.78 is 1.87. The first-order chi connectivity index (χ1) is 11.1. The second-order valence-electron chi connectivity index (χ2n) is 6.12. The minimum atomic E-state index is -1.31. The van der Waals surface area contributed by atoms with Gasteiger partial charge in [-0.3, -0.25) is 14.5 Å². The number of rotatable bonds is 5. The zero-order valence-corrected chi connectivity index (χ0v) is 14.8. The van der Waals surface area contributed by atoms with Gasteiger partial charge in [0.25, 0.3) is 0 Å². The van der Waals surface area contributed by atoms with Crippen molar-refractivity contribution in [3.63, 3.8) is 0 Å². The van der Waals surface area contributed by atoms with Gasteiger partial charge in [0.05, 0.1) is 0 Å². The largest absolute Gasteiger partial charge is 0.480 e. The van der Waals surface area contributed by atoms with Crippen molar-refractivity contribution in [2.75, 3.05) is 7.05 Å². The molecule has 0 aliphatic carbocycles. The zero-order valence-electron chi connectivity index (χ0n) is 14.0. The summed E-state index contributed by atoms with van der Waals surface area (Å²) in [7, 11) is 1.46. The summed E-state index contributed by atoms with van der Waals surface area (Å²) in [6.07, 6.45) is 0. The van der Waals surface area contributed by atoms with Crippen molar-refractivity contribution in [2.45, 2.75) is 32.9 Å². The molecule has 0 unspecified atom stereocenters. The van der Waals surface area contributed by atoms with Gasteiger partial charge in [0.15, 0.2) is 10.6 Å². The minimum Gasteiger partial charge on any atom is -0.480 e. The number of benzene rings is 1. The number of carboxylic acids is 1. The number of likely N-dealkylation sites (N-methyl/N-ethyl adjacent to an activating group) is 1. The Hall–Kier alpha value is -2.48. The Bertz CT molecular complexity index is 821. The van der Waals surface area contributed by atoms with Crippen LogP contribution in [0.3, 0.4) is 0 Å². The van der Waals surface area contributed by atoms with Crippen molar-refractivity contribution in [1.82, 2.24) is 19.7 Å². The first kappa shape index (κ1) is 17.9. The summed E-state index contributed by atoms with van der Waals surface area (Å²) in [5, 5.41) is 16.1. The number of carbonyl (C=O) groups is 2. The van der Waals surface area contributed by atoms with E-state index in [1.807, 2.05) is 31.2 Å². The molecule has 0 radical (unpaired) electrons. The Morgan fingerprint density at radius 3 is 2.46 bits per heavy atom. The fourth-order valence-electron chi connectivity index (χ4n) is 2.08. The third kappa shape index (κ3) is 3.38. The maximum atomic E-state index is 12.5. The van der Waals surface area contributed by atoms with E-state index in [1.54, 1.807) is 4.57 Å². The molecule has 1 amide bonds. The average molecular weight is 348 g/mol. The van der Waals surface area contributed by atoms with Crippen LogP contribution < -0.4 is 0 Å². The first-order valence-electron chi connectivity index (χ1n) is 7.37. The maximum Gasteiger partial charge on any atom is 0.329 e. The monoisotopic (exact) mass is 348 g/mol. The average Bonchev–Trinajstić information content (AvgIpc) is 2.88. The van der Waals surface area contributed by atoms with Crippen LogP contribution in [-0.2, 0) is 16.1 Å². The Morgan fingerprint density at radius 1 is 1.33 bits per heavy atom. The van der Waals surface area contributed by atoms with Gasteiger partial charge in [-0.05, 0) is 33.0 Å². The zero-order chi connectivity index (χ0) is 18.1. The predicted octanol–water partition coefficient (Wildman–Crippen LogP) is 2.24. The van der Waals surface area contributed by atoms with E-state index < -0.39 is 11.5 Å². The lowest BCUT2D eigenvalue weighted by atomic mass is 10.0. The molecule has 0 saturated heterocycles. The Kier molecular flexibility index (Phi) is 4.88. The van der Waals surface area contributed by atoms with Crippen molar-refractivity contribution in [3.8, 4) is 11.4 Å². The van der Waals surface area contributed by atoms with E-state index in [2.05, 4.69) is 10.2 Å². The number of amides is 1. The van der Waals surface area contributed by atoms with Gasteiger partial charge in [-0.15, -0.1) is 0 Å². The summed E-state index contributed by atoms with van der Waals surface area (Å²) in [6, 6.07) is 7.68. The van der Waals surface area contributed by atoms with E-state index in [-0.39, 0.29) is 12.5 Å². The molecule has 8 heteroatoms. The molecule has 24 heavy (non-hydrogen) atoms. The molecule has 1 aromatic heterocycles. The number of aromatic nitrogens is 3. The van der Waals surface area contributed by atoms with Crippen molar-refractivity contribution in [1.29, 1.82) is 0 Å². The highest BCUT2D eigenvalue weighted by atomic mass is 32.1. The van der Waals surface area contributed by atoms with Crippen molar-refractivity contribution in [2.24, 2.45) is 0 Å². The normalized spacial score (nSPS) is 11.3. The number of hydrogen-bond acceptors (Lipinski definition) is 4. The smallest absolute Gasteiger partial charge is 0.329 e. The molecule has 2 aromatic rings. The summed E-state index contributed by atoms with van der Waals surface area (Å²) in [5.74, 6) is -0.906. The van der Waals surface area contributed by atoms with Gasteiger partial charge in [-0.2, -0.15) is 5.10 Å². The Balaban J connectivity index is 2.32. The van der Waals surface area contributed by atoms with Gasteiger partial charge >= 0.3 is 5.97 Å². The van der Waals surface area contributed by atoms with E-state index >= 15 is 0 Å². The highest BCUT2D eigenvalue weighted by molar-refractivity contribution is 7.71. The molecule has 2 rings (SSSR count). The van der Waals surface area contributed by atoms with E-state index in [4.69, 9.17) is 12.2 Å². The molecule has 1 heterocycles. The molecule has 0 atom stereocenters. The summed E-state index contributed by atoms with van der Waals surface area (Å²) in [4.78, 5) is 25.0. The second-order valence-corrected chi connectivity index (χ2v) is 6.51. The number of nitrogens with zero attached hydrogens (tertiary/aromatic N) is 3. The highest BCUT2D eigenvalue weighted by Gasteiger charge is 2.35. The van der Waals surface area contributed by atoms with Crippen LogP contribution in [0.4, 0.5) is 0 Å². The first-order valence-corrected chi connectivity index (χ1v) is 7.77. The standard InChI is InChI=1S/C16H20N4O3S/c1-10-5-7-11(8-6-10)13-17-18-15(24)20(13)9-12(21)19(4)16(2,3)14(22)23/h5-8H,9H2,1-4H3,(H,18,24)(H,22,23). The lowest BCUT2D eigenvalue weighted by molar-refractivity contribution is -0.155. The Labute approximate surface area is 144 Å². The van der Waals surface area contributed by atoms with Crippen LogP contribution in [0.5, 0.6) is 0 Å².